The summed E-state index contributed by atoms with van der Waals surface area (Å²) in [5.74, 6) is 0.288. The normalized spacial score (nSPS) is 33.7. The number of nitrogens with zero attached hydrogens (tertiary/aromatic N) is 1. The molecule has 3 nitrogen and oxygen atoms in total. The van der Waals surface area contributed by atoms with Crippen molar-refractivity contribution in [1.29, 1.82) is 0 Å². The molecular weight excluding hydrogens is 262 g/mol. The average molecular weight is 281 g/mol. The first-order valence-corrected chi connectivity index (χ1v) is 7.71. The number of hydrogen-bond donors (Lipinski definition) is 0. The highest BCUT2D eigenvalue weighted by molar-refractivity contribution is 6.22. The van der Waals surface area contributed by atoms with E-state index >= 15 is 0 Å². The first-order valence-electron chi connectivity index (χ1n) is 7.71. The second-order valence-corrected chi connectivity index (χ2v) is 6.64. The van der Waals surface area contributed by atoms with E-state index in [9.17, 15) is 9.59 Å². The Morgan fingerprint density at radius 3 is 2.05 bits per heavy atom. The molecule has 1 saturated carbocycles. The van der Waals surface area contributed by atoms with Crippen LogP contribution in [0.3, 0.4) is 0 Å². The summed E-state index contributed by atoms with van der Waals surface area (Å²) >= 11 is 0. The van der Waals surface area contributed by atoms with Crippen molar-refractivity contribution in [2.45, 2.75) is 26.7 Å². The van der Waals surface area contributed by atoms with Gasteiger partial charge in [0, 0.05) is 0 Å². The van der Waals surface area contributed by atoms with Gasteiger partial charge >= 0.3 is 0 Å². The molecule has 3 aliphatic carbocycles. The highest BCUT2D eigenvalue weighted by atomic mass is 16.2. The summed E-state index contributed by atoms with van der Waals surface area (Å²) in [5.41, 5.74) is 2.84. The molecule has 4 atom stereocenters. The molecule has 1 heterocycles. The Morgan fingerprint density at radius 1 is 0.952 bits per heavy atom. The van der Waals surface area contributed by atoms with Crippen molar-refractivity contribution >= 4 is 17.5 Å². The largest absolute Gasteiger partial charge is 0.274 e. The van der Waals surface area contributed by atoms with Crippen LogP contribution in [0.15, 0.2) is 30.4 Å². The maximum atomic E-state index is 12.9. The summed E-state index contributed by atoms with van der Waals surface area (Å²) in [6, 6.07) is 5.96. The molecule has 1 aromatic rings. The van der Waals surface area contributed by atoms with E-state index in [4.69, 9.17) is 0 Å². The first kappa shape index (κ1) is 12.8. The van der Waals surface area contributed by atoms with E-state index in [0.717, 1.165) is 29.7 Å². The van der Waals surface area contributed by atoms with Crippen molar-refractivity contribution < 1.29 is 9.59 Å². The molecule has 0 N–H and O–H groups in total. The predicted molar refractivity (Wildman–Crippen MR) is 80.7 cm³/mol. The predicted octanol–water partition coefficient (Wildman–Crippen LogP) is 3.01. The molecule has 5 rings (SSSR count). The molecule has 2 bridgehead atoms. The maximum absolute atomic E-state index is 12.9. The monoisotopic (exact) mass is 281 g/mol. The molecule has 1 aliphatic heterocycles. The fraction of sp³-hybridized carbons (Fsp3) is 0.444. The molecular formula is C18H19NO2. The standard InChI is InChI=1S/C18H19NO2/c1-10-3-4-11(2)14(9-10)19-17(20)15-12-5-6-13(8-7-12)16(15)18(19)21/h3-6,9,12-13,15-16H,7-8H2,1-2H3/t12-,13-,15-,16+/m0/s1. The molecule has 0 aromatic heterocycles. The van der Waals surface area contributed by atoms with Gasteiger partial charge in [0.05, 0.1) is 17.5 Å². The molecule has 21 heavy (non-hydrogen) atoms. The van der Waals surface area contributed by atoms with Crippen LogP contribution in [0.5, 0.6) is 0 Å². The summed E-state index contributed by atoms with van der Waals surface area (Å²) in [6.07, 6.45) is 6.41. The number of allylic oxidation sites excluding steroid dienone is 2. The van der Waals surface area contributed by atoms with E-state index in [2.05, 4.69) is 12.2 Å². The highest BCUT2D eigenvalue weighted by Crippen LogP contribution is 2.50. The fourth-order valence-electron chi connectivity index (χ4n) is 4.27. The minimum absolute atomic E-state index is 0.0118. The van der Waals surface area contributed by atoms with E-state index in [1.54, 1.807) is 0 Å². The Hall–Kier alpha value is -1.90. The molecule has 1 aromatic carbocycles. The summed E-state index contributed by atoms with van der Waals surface area (Å²) in [7, 11) is 0. The number of benzene rings is 1. The van der Waals surface area contributed by atoms with Crippen LogP contribution in [0.25, 0.3) is 0 Å². The number of hydrogen-bond acceptors (Lipinski definition) is 2. The number of anilines is 1. The van der Waals surface area contributed by atoms with Gasteiger partial charge in [-0.3, -0.25) is 9.59 Å². The zero-order valence-electron chi connectivity index (χ0n) is 12.4. The maximum Gasteiger partial charge on any atom is 0.238 e. The summed E-state index contributed by atoms with van der Waals surface area (Å²) in [4.78, 5) is 27.2. The average Bonchev–Trinajstić information content (AvgIpc) is 2.77. The van der Waals surface area contributed by atoms with Crippen LogP contribution in [0.1, 0.15) is 24.0 Å². The topological polar surface area (TPSA) is 37.4 Å². The minimum atomic E-state index is -0.124. The molecule has 0 unspecified atom stereocenters. The third-order valence-electron chi connectivity index (χ3n) is 5.36. The van der Waals surface area contributed by atoms with Crippen molar-refractivity contribution in [3.8, 4) is 0 Å². The number of rotatable bonds is 1. The van der Waals surface area contributed by atoms with Crippen LogP contribution in [0.2, 0.25) is 0 Å². The lowest BCUT2D eigenvalue weighted by Crippen LogP contribution is -2.38. The highest BCUT2D eigenvalue weighted by Gasteiger charge is 2.57. The van der Waals surface area contributed by atoms with E-state index in [1.807, 2.05) is 32.0 Å². The minimum Gasteiger partial charge on any atom is -0.274 e. The van der Waals surface area contributed by atoms with Crippen LogP contribution >= 0.6 is 0 Å². The fourth-order valence-corrected chi connectivity index (χ4v) is 4.27. The summed E-state index contributed by atoms with van der Waals surface area (Å²) in [6.45, 7) is 3.95. The first-order chi connectivity index (χ1) is 10.1. The van der Waals surface area contributed by atoms with Gasteiger partial charge in [0.25, 0.3) is 0 Å². The van der Waals surface area contributed by atoms with Gasteiger partial charge in [0.2, 0.25) is 11.8 Å². The number of carbonyl (C=O) groups is 2. The van der Waals surface area contributed by atoms with Crippen LogP contribution in [-0.4, -0.2) is 11.8 Å². The lowest BCUT2D eigenvalue weighted by atomic mass is 9.63. The molecule has 108 valence electrons. The number of aryl methyl sites for hydroxylation is 2. The van der Waals surface area contributed by atoms with E-state index in [1.165, 1.54) is 4.90 Å². The van der Waals surface area contributed by atoms with Crippen molar-refractivity contribution in [2.75, 3.05) is 4.90 Å². The molecule has 4 aliphatic rings. The van der Waals surface area contributed by atoms with Gasteiger partial charge < -0.3 is 0 Å². The third kappa shape index (κ3) is 1.66. The number of fused-ring (bicyclic) bond motifs is 1. The van der Waals surface area contributed by atoms with Gasteiger partial charge in [-0.2, -0.15) is 0 Å². The molecule has 0 spiro atoms. The Bertz CT molecular complexity index is 644. The van der Waals surface area contributed by atoms with Gasteiger partial charge in [-0.25, -0.2) is 4.90 Å². The van der Waals surface area contributed by atoms with Crippen LogP contribution in [0.4, 0.5) is 5.69 Å². The smallest absolute Gasteiger partial charge is 0.238 e. The zero-order chi connectivity index (χ0) is 14.7. The van der Waals surface area contributed by atoms with Crippen molar-refractivity contribution in [3.05, 3.63) is 41.5 Å². The molecule has 2 amide bonds. The summed E-state index contributed by atoms with van der Waals surface area (Å²) < 4.78 is 0. The van der Waals surface area contributed by atoms with Crippen LogP contribution < -0.4 is 4.90 Å². The number of imide groups is 1. The Kier molecular flexibility index (Phi) is 2.62. The number of amides is 2. The van der Waals surface area contributed by atoms with Gasteiger partial charge in [-0.15, -0.1) is 0 Å². The van der Waals surface area contributed by atoms with Gasteiger partial charge in [-0.05, 0) is 55.7 Å². The number of carbonyl (C=O) groups excluding carboxylic acids is 2. The van der Waals surface area contributed by atoms with E-state index in [-0.39, 0.29) is 35.5 Å². The second-order valence-electron chi connectivity index (χ2n) is 6.64. The Labute approximate surface area is 124 Å². The SMILES string of the molecule is Cc1ccc(C)c(N2C(=O)[C@@H]3[C@H](C2=O)[C@H]2C=C[C@H]3CC2)c1. The van der Waals surface area contributed by atoms with E-state index in [0.29, 0.717) is 0 Å². The lowest BCUT2D eigenvalue weighted by molar-refractivity contribution is -0.124. The van der Waals surface area contributed by atoms with E-state index < -0.39 is 0 Å². The van der Waals surface area contributed by atoms with Crippen molar-refractivity contribution in [3.63, 3.8) is 0 Å². The summed E-state index contributed by atoms with van der Waals surface area (Å²) in [5, 5.41) is 0. The molecule has 0 radical (unpaired) electrons. The third-order valence-corrected chi connectivity index (χ3v) is 5.36. The van der Waals surface area contributed by atoms with Gasteiger partial charge in [0.1, 0.15) is 0 Å². The van der Waals surface area contributed by atoms with Crippen molar-refractivity contribution in [1.82, 2.24) is 0 Å². The molecule has 2 fully saturated rings. The second kappa shape index (κ2) is 4.30. The quantitative estimate of drug-likeness (QED) is 0.586. The lowest BCUT2D eigenvalue weighted by Gasteiger charge is -2.38. The van der Waals surface area contributed by atoms with Crippen LogP contribution in [-0.2, 0) is 9.59 Å². The molecule has 1 saturated heterocycles. The van der Waals surface area contributed by atoms with Gasteiger partial charge in [-0.1, -0.05) is 24.3 Å². The van der Waals surface area contributed by atoms with Crippen LogP contribution in [0, 0.1) is 37.5 Å². The van der Waals surface area contributed by atoms with Gasteiger partial charge in [0.15, 0.2) is 0 Å². The Balaban J connectivity index is 1.80. The Morgan fingerprint density at radius 2 is 1.52 bits per heavy atom. The van der Waals surface area contributed by atoms with Crippen molar-refractivity contribution in [2.24, 2.45) is 23.7 Å². The molecule has 3 heteroatoms. The zero-order valence-corrected chi connectivity index (χ0v) is 12.4.